The molecule has 1 aliphatic heterocycles. The van der Waals surface area contributed by atoms with Gasteiger partial charge in [-0.3, -0.25) is 52.9 Å². The first kappa shape index (κ1) is 56.4. The van der Waals surface area contributed by atoms with Crippen LogP contribution in [-0.2, 0) is 54.4 Å². The Kier molecular flexibility index (Phi) is 23.8. The number of aromatic hydroxyl groups is 1. The van der Waals surface area contributed by atoms with Crippen LogP contribution in [0.5, 0.6) is 5.75 Å². The number of aliphatic carboxylic acids is 1. The highest BCUT2D eigenvalue weighted by atomic mass is 32.1. The lowest BCUT2D eigenvalue weighted by Crippen LogP contribution is -2.59. The van der Waals surface area contributed by atoms with E-state index in [2.05, 4.69) is 54.8 Å². The van der Waals surface area contributed by atoms with Gasteiger partial charge in [-0.05, 0) is 49.3 Å². The lowest BCUT2D eigenvalue weighted by molar-refractivity contribution is -0.146. The van der Waals surface area contributed by atoms with Gasteiger partial charge in [-0.1, -0.05) is 32.4 Å². The third kappa shape index (κ3) is 19.3. The zero-order valence-corrected chi connectivity index (χ0v) is 38.1. The Labute approximate surface area is 391 Å². The number of phenolic OH excluding ortho intramolecular Hbond substituents is 1. The molecule has 0 unspecified atom stereocenters. The number of hydrogen-bond donors (Lipinski definition) is 15. The number of hydrogen-bond acceptors (Lipinski definition) is 15. The number of likely N-dealkylation sites (tertiary alicyclic amines) is 1. The summed E-state index contributed by atoms with van der Waals surface area (Å²) < 4.78 is 0. The molecule has 0 aliphatic carbocycles. The van der Waals surface area contributed by atoms with Crippen molar-refractivity contribution in [3.8, 4) is 5.75 Å². The maximum absolute atomic E-state index is 13.9. The first-order valence-electron chi connectivity index (χ1n) is 21.3. The Morgan fingerprint density at radius 3 is 1.99 bits per heavy atom. The molecule has 67 heavy (non-hydrogen) atoms. The number of carboxylic acid groups (broad SMARTS) is 1. The van der Waals surface area contributed by atoms with Crippen molar-refractivity contribution in [2.45, 2.75) is 101 Å². The van der Waals surface area contributed by atoms with Crippen LogP contribution >= 0.6 is 12.6 Å². The van der Waals surface area contributed by atoms with Gasteiger partial charge in [-0.15, -0.1) is 0 Å². The van der Waals surface area contributed by atoms with Crippen molar-refractivity contribution in [1.82, 2.24) is 42.1 Å². The minimum Gasteiger partial charge on any atom is -0.508 e. The van der Waals surface area contributed by atoms with E-state index in [9.17, 15) is 63.3 Å². The van der Waals surface area contributed by atoms with Gasteiger partial charge in [0.2, 0.25) is 53.2 Å². The van der Waals surface area contributed by atoms with E-state index in [-0.39, 0.29) is 56.2 Å². The fourth-order valence-electron chi connectivity index (χ4n) is 6.58. The number of rotatable bonds is 28. The minimum absolute atomic E-state index is 0.0404. The number of thiol groups is 1. The monoisotopic (exact) mass is 965 g/mol. The minimum atomic E-state index is -1.55. The summed E-state index contributed by atoms with van der Waals surface area (Å²) in [7, 11) is 0. The quantitative estimate of drug-likeness (QED) is 0.0161. The van der Waals surface area contributed by atoms with Crippen molar-refractivity contribution in [3.05, 3.63) is 29.8 Å². The maximum Gasteiger partial charge on any atom is 0.305 e. The number of nitrogens with two attached hydrogens (primary N) is 4. The molecule has 0 saturated carbocycles. The molecule has 1 aromatic carbocycles. The van der Waals surface area contributed by atoms with Crippen LogP contribution in [0.25, 0.3) is 0 Å². The molecule has 0 bridgehead atoms. The van der Waals surface area contributed by atoms with Gasteiger partial charge in [0.15, 0.2) is 5.96 Å². The van der Waals surface area contributed by atoms with Crippen molar-refractivity contribution < 1.29 is 63.3 Å². The molecule has 18 N–H and O–H groups in total. The van der Waals surface area contributed by atoms with Gasteiger partial charge in [0.25, 0.3) is 0 Å². The molecule has 1 heterocycles. The fraction of sp³-hybridized carbons (Fsp3) is 0.575. The number of benzene rings is 1. The Morgan fingerprint density at radius 1 is 0.821 bits per heavy atom. The predicted octanol–water partition coefficient (Wildman–Crippen LogP) is -6.11. The normalized spacial score (nSPS) is 16.3. The van der Waals surface area contributed by atoms with Crippen LogP contribution in [0, 0.1) is 5.92 Å². The molecular formula is C40H63N13O13S. The van der Waals surface area contributed by atoms with Crippen LogP contribution in [-0.4, -0.2) is 166 Å². The summed E-state index contributed by atoms with van der Waals surface area (Å²) in [6.07, 6.45) is 0.167. The first-order valence-corrected chi connectivity index (χ1v) is 21.9. The van der Waals surface area contributed by atoms with Crippen LogP contribution in [0.3, 0.4) is 0 Å². The van der Waals surface area contributed by atoms with Gasteiger partial charge < -0.3 is 80.4 Å². The number of aliphatic imine (C=N–C) groups is 1. The van der Waals surface area contributed by atoms with Gasteiger partial charge in [-0.25, -0.2) is 0 Å². The molecule has 1 aliphatic rings. The average molecular weight is 966 g/mol. The van der Waals surface area contributed by atoms with E-state index in [1.807, 2.05) is 0 Å². The third-order valence-corrected chi connectivity index (χ3v) is 10.9. The highest BCUT2D eigenvalue weighted by Gasteiger charge is 2.39. The van der Waals surface area contributed by atoms with Gasteiger partial charge in [0.05, 0.1) is 32.2 Å². The summed E-state index contributed by atoms with van der Waals surface area (Å²) in [5.41, 5.74) is 22.1. The van der Waals surface area contributed by atoms with E-state index in [0.717, 1.165) is 4.90 Å². The summed E-state index contributed by atoms with van der Waals surface area (Å²) in [6, 6.07) is -3.57. The number of guanidine groups is 1. The van der Waals surface area contributed by atoms with Gasteiger partial charge in [-0.2, -0.15) is 12.6 Å². The number of carbonyl (C=O) groups is 10. The predicted molar refractivity (Wildman–Crippen MR) is 242 cm³/mol. The van der Waals surface area contributed by atoms with Crippen LogP contribution in [0.1, 0.15) is 57.9 Å². The molecule has 2 rings (SSSR count). The van der Waals surface area contributed by atoms with E-state index in [1.54, 1.807) is 13.8 Å². The zero-order valence-electron chi connectivity index (χ0n) is 37.2. The number of nitrogens with zero attached hydrogens (tertiary/aromatic N) is 2. The largest absolute Gasteiger partial charge is 0.508 e. The highest BCUT2D eigenvalue weighted by Crippen LogP contribution is 2.20. The topological polar surface area (TPSA) is 435 Å². The van der Waals surface area contributed by atoms with Crippen molar-refractivity contribution in [3.63, 3.8) is 0 Å². The number of phenols is 1. The molecule has 0 radical (unpaired) electrons. The smallest absolute Gasteiger partial charge is 0.305 e. The van der Waals surface area contributed by atoms with Crippen LogP contribution in [0.4, 0.5) is 0 Å². The first-order chi connectivity index (χ1) is 31.6. The number of aliphatic hydroxyl groups is 1. The SMILES string of the molecule is CC[C@H](C)[C@@H](NC(=O)[C@H](Cc1ccc(O)cc1)NC(=O)CNC(=O)[C@@H]1CCCN1C(=O)[C@H](CC(=O)O)NC(=O)[C@@H](N)CS)C(=O)NCC(=O)N[C@@H](CO)C(=O)N[C@@H](CCCN=C(N)N)C(N)=O. The second-order valence-corrected chi connectivity index (χ2v) is 16.0. The summed E-state index contributed by atoms with van der Waals surface area (Å²) in [6.45, 7) is 1.24. The molecular weight excluding hydrogens is 903 g/mol. The highest BCUT2D eigenvalue weighted by molar-refractivity contribution is 7.80. The van der Waals surface area contributed by atoms with Gasteiger partial charge in [0, 0.05) is 25.3 Å². The number of aliphatic hydroxyl groups excluding tert-OH is 1. The lowest BCUT2D eigenvalue weighted by atomic mass is 9.97. The van der Waals surface area contributed by atoms with Crippen LogP contribution in [0.2, 0.25) is 0 Å². The number of amides is 9. The number of nitrogens with one attached hydrogen (secondary N) is 7. The second kappa shape index (κ2) is 28.3. The van der Waals surface area contributed by atoms with Crippen LogP contribution in [0.15, 0.2) is 29.3 Å². The van der Waals surface area contributed by atoms with E-state index in [1.165, 1.54) is 24.3 Å². The Morgan fingerprint density at radius 2 is 1.42 bits per heavy atom. The standard InChI is InChI=1S/C40H63N13O13S/c1-3-20(2)32(38(65)47-17-30(57)49-27(18-54)36(63)50-24(33(42)60)6-4-12-45-40(43)44)52-35(62)25(14-21-8-10-22(55)11-9-21)48-29(56)16-46-37(64)28-7-5-13-53(28)39(66)26(15-31(58)59)51-34(61)23(41)19-67/h8-11,20,23-28,32,54-55,67H,3-7,12-19,41H2,1-2H3,(H2,42,60)(H,46,64)(H,47,65)(H,48,56)(H,49,57)(H,50,63)(H,51,61)(H,52,62)(H,58,59)(H4,43,44,45)/t20-,23-,24-,25-,26-,27-,28-,32+/m0/s1. The van der Waals surface area contributed by atoms with Gasteiger partial charge >= 0.3 is 5.97 Å². The van der Waals surface area contributed by atoms with Crippen molar-refractivity contribution in [2.24, 2.45) is 33.8 Å². The molecule has 0 aromatic heterocycles. The molecule has 9 amide bonds. The summed E-state index contributed by atoms with van der Waals surface area (Å²) in [5.74, 6) is -10.1. The van der Waals surface area contributed by atoms with Crippen molar-refractivity contribution >= 4 is 77.7 Å². The summed E-state index contributed by atoms with van der Waals surface area (Å²) in [4.78, 5) is 134. The third-order valence-electron chi connectivity index (χ3n) is 10.5. The molecule has 0 spiro atoms. The van der Waals surface area contributed by atoms with Crippen molar-refractivity contribution in [1.29, 1.82) is 0 Å². The average Bonchev–Trinajstić information content (AvgIpc) is 3.78. The number of carboxylic acids is 1. The number of primary amides is 1. The van der Waals surface area contributed by atoms with Crippen LogP contribution < -0.4 is 60.2 Å². The molecule has 372 valence electrons. The molecule has 26 nitrogen and oxygen atoms in total. The van der Waals surface area contributed by atoms with E-state index >= 15 is 0 Å². The number of carbonyl (C=O) groups excluding carboxylic acids is 9. The molecule has 1 aromatic rings. The van der Waals surface area contributed by atoms with E-state index in [0.29, 0.717) is 18.4 Å². The van der Waals surface area contributed by atoms with Gasteiger partial charge in [0.1, 0.15) is 42.0 Å². The summed E-state index contributed by atoms with van der Waals surface area (Å²) >= 11 is 3.94. The Bertz CT molecular complexity index is 1950. The fourth-order valence-corrected chi connectivity index (χ4v) is 6.75. The van der Waals surface area contributed by atoms with E-state index in [4.69, 9.17) is 22.9 Å². The lowest BCUT2D eigenvalue weighted by Gasteiger charge is -2.29. The zero-order chi connectivity index (χ0) is 50.4. The molecule has 1 saturated heterocycles. The van der Waals surface area contributed by atoms with E-state index < -0.39 is 133 Å². The Hall–Kier alpha value is -6.74. The molecule has 8 atom stereocenters. The second-order valence-electron chi connectivity index (χ2n) is 15.7. The molecule has 1 fully saturated rings. The molecule has 27 heteroatoms. The maximum atomic E-state index is 13.9. The van der Waals surface area contributed by atoms with Crippen molar-refractivity contribution in [2.75, 3.05) is 38.5 Å². The summed E-state index contributed by atoms with van der Waals surface area (Å²) in [5, 5.41) is 45.8. The Balaban J connectivity index is 2.15.